The molecule has 0 amide bonds. The van der Waals surface area contributed by atoms with Gasteiger partial charge in [0, 0.05) is 5.38 Å². The second-order valence-corrected chi connectivity index (χ2v) is 6.72. The zero-order valence-electron chi connectivity index (χ0n) is 10.7. The van der Waals surface area contributed by atoms with Crippen molar-refractivity contribution in [1.82, 2.24) is 4.98 Å². The van der Waals surface area contributed by atoms with Gasteiger partial charge in [-0.1, -0.05) is 6.07 Å². The summed E-state index contributed by atoms with van der Waals surface area (Å²) in [5, 5.41) is 11.0. The van der Waals surface area contributed by atoms with Gasteiger partial charge in [0.15, 0.2) is 5.13 Å². The average Bonchev–Trinajstić information content (AvgIpc) is 2.73. The van der Waals surface area contributed by atoms with Crippen molar-refractivity contribution in [3.05, 3.63) is 40.4 Å². The molecule has 2 aromatic rings. The summed E-state index contributed by atoms with van der Waals surface area (Å²) >= 11 is 1.17. The number of rotatable bonds is 4. The maximum absolute atomic E-state index is 12.2. The smallest absolute Gasteiger partial charge is 0.335 e. The number of carboxylic acid groups (broad SMARTS) is 1. The molecule has 20 heavy (non-hydrogen) atoms. The van der Waals surface area contributed by atoms with E-state index in [0.717, 1.165) is 6.07 Å². The second-order valence-electron chi connectivity index (χ2n) is 4.18. The van der Waals surface area contributed by atoms with Crippen molar-refractivity contribution in [1.29, 1.82) is 0 Å². The first-order chi connectivity index (χ1) is 9.29. The van der Waals surface area contributed by atoms with E-state index in [1.54, 1.807) is 19.2 Å². The number of aromatic carboxylic acids is 1. The minimum atomic E-state index is -3.84. The number of anilines is 1. The highest BCUT2D eigenvalue weighted by Crippen LogP contribution is 2.21. The molecular weight excluding hydrogens is 300 g/mol. The fourth-order valence-electron chi connectivity index (χ4n) is 1.57. The molecule has 0 spiro atoms. The third-order valence-corrected chi connectivity index (χ3v) is 4.93. The minimum Gasteiger partial charge on any atom is -0.478 e. The molecule has 2 rings (SSSR count). The van der Waals surface area contributed by atoms with Crippen molar-refractivity contribution >= 4 is 32.5 Å². The number of nitrogens with one attached hydrogen (secondary N) is 1. The van der Waals surface area contributed by atoms with Crippen LogP contribution in [0.5, 0.6) is 0 Å². The molecule has 0 bridgehead atoms. The van der Waals surface area contributed by atoms with Gasteiger partial charge < -0.3 is 5.11 Å². The maximum atomic E-state index is 12.2. The number of hydrogen-bond donors (Lipinski definition) is 2. The van der Waals surface area contributed by atoms with Gasteiger partial charge in [0.25, 0.3) is 10.0 Å². The molecule has 0 aliphatic rings. The Hall–Kier alpha value is -1.93. The number of carbonyl (C=O) groups is 1. The van der Waals surface area contributed by atoms with Crippen LogP contribution in [-0.4, -0.2) is 24.5 Å². The Bertz CT molecular complexity index is 766. The zero-order chi connectivity index (χ0) is 14.9. The van der Waals surface area contributed by atoms with E-state index in [1.807, 2.05) is 0 Å². The van der Waals surface area contributed by atoms with E-state index < -0.39 is 16.0 Å². The van der Waals surface area contributed by atoms with Crippen molar-refractivity contribution < 1.29 is 18.3 Å². The van der Waals surface area contributed by atoms with Gasteiger partial charge in [0.1, 0.15) is 0 Å². The number of benzene rings is 1. The molecule has 1 heterocycles. The van der Waals surface area contributed by atoms with E-state index in [1.165, 1.54) is 23.5 Å². The number of hydrogen-bond acceptors (Lipinski definition) is 5. The number of thiazole rings is 1. The molecule has 0 saturated carbocycles. The molecule has 0 fully saturated rings. The molecule has 106 valence electrons. The van der Waals surface area contributed by atoms with Gasteiger partial charge in [-0.3, -0.25) is 4.72 Å². The lowest BCUT2D eigenvalue weighted by atomic mass is 10.1. The first-order valence-corrected chi connectivity index (χ1v) is 7.95. The van der Waals surface area contributed by atoms with Crippen LogP contribution < -0.4 is 4.72 Å². The Morgan fingerprint density at radius 3 is 2.60 bits per heavy atom. The van der Waals surface area contributed by atoms with Gasteiger partial charge in [-0.2, -0.15) is 0 Å². The third-order valence-electron chi connectivity index (χ3n) is 2.59. The molecular formula is C12H12N2O4S2. The van der Waals surface area contributed by atoms with Crippen molar-refractivity contribution in [3.8, 4) is 0 Å². The largest absolute Gasteiger partial charge is 0.478 e. The molecule has 0 aliphatic heterocycles. The predicted molar refractivity (Wildman–Crippen MR) is 75.8 cm³/mol. The Kier molecular flexibility index (Phi) is 3.78. The summed E-state index contributed by atoms with van der Waals surface area (Å²) < 4.78 is 26.6. The van der Waals surface area contributed by atoms with E-state index in [0.29, 0.717) is 11.3 Å². The Morgan fingerprint density at radius 2 is 2.05 bits per heavy atom. The van der Waals surface area contributed by atoms with Crippen molar-refractivity contribution in [3.63, 3.8) is 0 Å². The monoisotopic (exact) mass is 312 g/mol. The molecule has 0 unspecified atom stereocenters. The predicted octanol–water partition coefficient (Wildman–Crippen LogP) is 2.26. The maximum Gasteiger partial charge on any atom is 0.335 e. The molecule has 1 aromatic carbocycles. The zero-order valence-corrected chi connectivity index (χ0v) is 12.4. The summed E-state index contributed by atoms with van der Waals surface area (Å²) in [6.45, 7) is 3.36. The van der Waals surface area contributed by atoms with Gasteiger partial charge in [-0.05, 0) is 31.5 Å². The average molecular weight is 312 g/mol. The van der Waals surface area contributed by atoms with Crippen LogP contribution in [0.25, 0.3) is 0 Å². The number of aromatic nitrogens is 1. The van der Waals surface area contributed by atoms with Crippen LogP contribution in [0.4, 0.5) is 5.13 Å². The van der Waals surface area contributed by atoms with Crippen molar-refractivity contribution in [2.45, 2.75) is 18.7 Å². The lowest BCUT2D eigenvalue weighted by molar-refractivity contribution is 0.0696. The first-order valence-electron chi connectivity index (χ1n) is 5.58. The van der Waals surface area contributed by atoms with Gasteiger partial charge in [-0.25, -0.2) is 18.2 Å². The SMILES string of the molecule is Cc1csc(NS(=O)(=O)c2ccc(C)c(C(=O)O)c2)n1. The Morgan fingerprint density at radius 1 is 1.35 bits per heavy atom. The van der Waals surface area contributed by atoms with Crippen molar-refractivity contribution in [2.24, 2.45) is 0 Å². The van der Waals surface area contributed by atoms with E-state index in [-0.39, 0.29) is 15.6 Å². The quantitative estimate of drug-likeness (QED) is 0.902. The standard InChI is InChI=1S/C12H12N2O4S2/c1-7-3-4-9(5-10(7)11(15)16)20(17,18)14-12-13-8(2)6-19-12/h3-6H,1-2H3,(H,13,14)(H,15,16). The number of carboxylic acids is 1. The summed E-state index contributed by atoms with van der Waals surface area (Å²) in [5.74, 6) is -1.16. The van der Waals surface area contributed by atoms with E-state index in [2.05, 4.69) is 9.71 Å². The normalized spacial score (nSPS) is 11.3. The van der Waals surface area contributed by atoms with E-state index >= 15 is 0 Å². The fraction of sp³-hybridized carbons (Fsp3) is 0.167. The highest BCUT2D eigenvalue weighted by atomic mass is 32.2. The lowest BCUT2D eigenvalue weighted by Crippen LogP contribution is -2.14. The van der Waals surface area contributed by atoms with Crippen LogP contribution in [0.3, 0.4) is 0 Å². The van der Waals surface area contributed by atoms with E-state index in [9.17, 15) is 13.2 Å². The first kappa shape index (κ1) is 14.5. The lowest BCUT2D eigenvalue weighted by Gasteiger charge is -2.07. The van der Waals surface area contributed by atoms with Crippen LogP contribution in [0.15, 0.2) is 28.5 Å². The van der Waals surface area contributed by atoms with Gasteiger partial charge in [0.2, 0.25) is 0 Å². The second kappa shape index (κ2) is 5.22. The Balaban J connectivity index is 2.39. The van der Waals surface area contributed by atoms with Gasteiger partial charge in [-0.15, -0.1) is 11.3 Å². The molecule has 2 N–H and O–H groups in total. The van der Waals surface area contributed by atoms with Gasteiger partial charge >= 0.3 is 5.97 Å². The molecule has 8 heteroatoms. The molecule has 0 saturated heterocycles. The summed E-state index contributed by atoms with van der Waals surface area (Å²) in [5.41, 5.74) is 1.17. The summed E-state index contributed by atoms with van der Waals surface area (Å²) in [4.78, 5) is 14.9. The topological polar surface area (TPSA) is 96.4 Å². The van der Waals surface area contributed by atoms with Gasteiger partial charge in [0.05, 0.1) is 16.2 Å². The third kappa shape index (κ3) is 2.97. The molecule has 6 nitrogen and oxygen atoms in total. The number of nitrogens with zero attached hydrogens (tertiary/aromatic N) is 1. The van der Waals surface area contributed by atoms with Crippen LogP contribution in [0, 0.1) is 13.8 Å². The highest BCUT2D eigenvalue weighted by Gasteiger charge is 2.19. The summed E-state index contributed by atoms with van der Waals surface area (Å²) in [7, 11) is -3.84. The summed E-state index contributed by atoms with van der Waals surface area (Å²) in [6, 6.07) is 3.97. The van der Waals surface area contributed by atoms with Crippen LogP contribution in [-0.2, 0) is 10.0 Å². The molecule has 0 aliphatic carbocycles. The molecule has 1 aromatic heterocycles. The van der Waals surface area contributed by atoms with Crippen LogP contribution in [0.1, 0.15) is 21.6 Å². The van der Waals surface area contributed by atoms with Crippen LogP contribution in [0.2, 0.25) is 0 Å². The highest BCUT2D eigenvalue weighted by molar-refractivity contribution is 7.93. The molecule has 0 atom stereocenters. The number of aryl methyl sites for hydroxylation is 2. The molecule has 0 radical (unpaired) electrons. The van der Waals surface area contributed by atoms with Crippen LogP contribution >= 0.6 is 11.3 Å². The fourth-order valence-corrected chi connectivity index (χ4v) is 3.54. The number of sulfonamides is 1. The minimum absolute atomic E-state index is 0.0387. The van der Waals surface area contributed by atoms with Crippen molar-refractivity contribution in [2.75, 3.05) is 4.72 Å². The Labute approximate surface area is 120 Å². The summed E-state index contributed by atoms with van der Waals surface area (Å²) in [6.07, 6.45) is 0. The van der Waals surface area contributed by atoms with E-state index in [4.69, 9.17) is 5.11 Å².